The summed E-state index contributed by atoms with van der Waals surface area (Å²) >= 11 is 7.31. The van der Waals surface area contributed by atoms with Gasteiger partial charge in [0.05, 0.1) is 21.6 Å². The fourth-order valence-electron chi connectivity index (χ4n) is 2.30. The van der Waals surface area contributed by atoms with Crippen LogP contribution < -0.4 is 5.73 Å². The Morgan fingerprint density at radius 2 is 2.15 bits per heavy atom. The fourth-order valence-corrected chi connectivity index (χ4v) is 3.21. The van der Waals surface area contributed by atoms with Crippen LogP contribution in [0.1, 0.15) is 18.9 Å². The van der Waals surface area contributed by atoms with Gasteiger partial charge in [-0.05, 0) is 19.9 Å². The van der Waals surface area contributed by atoms with Gasteiger partial charge in [0.15, 0.2) is 0 Å². The number of imidazole rings is 1. The molecule has 2 N–H and O–H groups in total. The van der Waals surface area contributed by atoms with Crippen molar-refractivity contribution in [2.75, 3.05) is 5.73 Å². The Balaban J connectivity index is 2.31. The topological polar surface area (TPSA) is 56.7 Å². The number of rotatable bonds is 2. The maximum absolute atomic E-state index is 13.7. The third-order valence-corrected chi connectivity index (χ3v) is 4.61. The second-order valence-electron chi connectivity index (χ2n) is 4.96. The quantitative estimate of drug-likeness (QED) is 0.786. The minimum atomic E-state index is -0.521. The largest absolute Gasteiger partial charge is 0.369 e. The van der Waals surface area contributed by atoms with Crippen LogP contribution in [0.25, 0.3) is 11.0 Å². The number of nitrogen functional groups attached to an aromatic ring is 1. The van der Waals surface area contributed by atoms with Gasteiger partial charge in [0, 0.05) is 17.6 Å². The maximum Gasteiger partial charge on any atom is 0.202 e. The van der Waals surface area contributed by atoms with E-state index in [-0.39, 0.29) is 5.02 Å². The van der Waals surface area contributed by atoms with E-state index < -0.39 is 11.4 Å². The lowest BCUT2D eigenvalue weighted by Crippen LogP contribution is -2.28. The van der Waals surface area contributed by atoms with Crippen LogP contribution in [0.5, 0.6) is 0 Å². The Morgan fingerprint density at radius 3 is 2.80 bits per heavy atom. The van der Waals surface area contributed by atoms with Crippen LogP contribution in [-0.4, -0.2) is 14.5 Å². The number of thiazole rings is 1. The Hall–Kier alpha value is -1.66. The van der Waals surface area contributed by atoms with E-state index in [1.54, 1.807) is 10.8 Å². The second kappa shape index (κ2) is 4.43. The predicted molar refractivity (Wildman–Crippen MR) is 79.7 cm³/mol. The predicted octanol–water partition coefficient (Wildman–Crippen LogP) is 3.65. The summed E-state index contributed by atoms with van der Waals surface area (Å²) in [6.07, 6.45) is 1.73. The normalized spacial score (nSPS) is 12.2. The first-order valence-corrected chi connectivity index (χ1v) is 7.20. The van der Waals surface area contributed by atoms with E-state index in [0.29, 0.717) is 17.0 Å². The van der Waals surface area contributed by atoms with Crippen molar-refractivity contribution in [1.82, 2.24) is 14.5 Å². The molecule has 3 rings (SSSR count). The molecule has 0 aliphatic carbocycles. The van der Waals surface area contributed by atoms with Gasteiger partial charge in [-0.3, -0.25) is 4.57 Å². The van der Waals surface area contributed by atoms with E-state index in [1.165, 1.54) is 23.5 Å². The van der Waals surface area contributed by atoms with Gasteiger partial charge in [-0.15, -0.1) is 11.3 Å². The average Bonchev–Trinajstić information content (AvgIpc) is 2.97. The molecule has 0 aliphatic heterocycles. The second-order valence-corrected chi connectivity index (χ2v) is 6.26. The van der Waals surface area contributed by atoms with Crippen LogP contribution in [0, 0.1) is 5.82 Å². The molecule has 7 heteroatoms. The molecule has 0 fully saturated rings. The summed E-state index contributed by atoms with van der Waals surface area (Å²) in [6.45, 7) is 3.94. The maximum atomic E-state index is 13.7. The number of anilines is 1. The highest BCUT2D eigenvalue weighted by Gasteiger charge is 2.30. The van der Waals surface area contributed by atoms with Gasteiger partial charge in [-0.2, -0.15) is 0 Å². The van der Waals surface area contributed by atoms with Crippen molar-refractivity contribution < 1.29 is 4.39 Å². The number of hydrogen-bond acceptors (Lipinski definition) is 4. The number of nitrogens with zero attached hydrogens (tertiary/aromatic N) is 3. The van der Waals surface area contributed by atoms with Crippen LogP contribution in [0.15, 0.2) is 23.7 Å². The molecule has 0 spiro atoms. The number of halogens is 2. The molecule has 0 saturated heterocycles. The van der Waals surface area contributed by atoms with E-state index in [0.717, 1.165) is 5.01 Å². The minimum Gasteiger partial charge on any atom is -0.369 e. The van der Waals surface area contributed by atoms with E-state index in [2.05, 4.69) is 9.97 Å². The first-order valence-electron chi connectivity index (χ1n) is 5.94. The molecule has 0 aliphatic rings. The number of benzene rings is 1. The van der Waals surface area contributed by atoms with Crippen molar-refractivity contribution >= 4 is 39.9 Å². The molecule has 4 nitrogen and oxygen atoms in total. The zero-order valence-electron chi connectivity index (χ0n) is 10.9. The van der Waals surface area contributed by atoms with Crippen molar-refractivity contribution in [3.8, 4) is 0 Å². The zero-order chi connectivity index (χ0) is 14.5. The summed E-state index contributed by atoms with van der Waals surface area (Å²) in [7, 11) is 0. The average molecular weight is 311 g/mol. The summed E-state index contributed by atoms with van der Waals surface area (Å²) in [5.74, 6) is -0.183. The highest BCUT2D eigenvalue weighted by molar-refractivity contribution is 7.09. The lowest BCUT2D eigenvalue weighted by molar-refractivity contribution is 0.452. The molecule has 0 radical (unpaired) electrons. The lowest BCUT2D eigenvalue weighted by atomic mass is 10.1. The van der Waals surface area contributed by atoms with E-state index >= 15 is 0 Å². The van der Waals surface area contributed by atoms with Crippen LogP contribution in [0.2, 0.25) is 5.02 Å². The molecular weight excluding hydrogens is 299 g/mol. The Labute approximate surface area is 124 Å². The van der Waals surface area contributed by atoms with Gasteiger partial charge in [0.2, 0.25) is 5.95 Å². The molecule has 0 bridgehead atoms. The molecule has 0 atom stereocenters. The van der Waals surface area contributed by atoms with Gasteiger partial charge in [-0.1, -0.05) is 11.6 Å². The first kappa shape index (κ1) is 13.3. The summed E-state index contributed by atoms with van der Waals surface area (Å²) in [4.78, 5) is 8.58. The summed E-state index contributed by atoms with van der Waals surface area (Å²) in [6, 6.07) is 2.84. The van der Waals surface area contributed by atoms with Crippen molar-refractivity contribution in [3.05, 3.63) is 39.6 Å². The van der Waals surface area contributed by atoms with Gasteiger partial charge < -0.3 is 5.73 Å². The Morgan fingerprint density at radius 1 is 1.40 bits per heavy atom. The van der Waals surface area contributed by atoms with Crippen LogP contribution in [0.3, 0.4) is 0 Å². The third-order valence-electron chi connectivity index (χ3n) is 3.24. The standard InChI is InChI=1S/C13H12ClFN4S/c1-13(2,11-17-3-4-20-11)19-10-6-8(15)7(14)5-9(10)18-12(19)16/h3-6H,1-2H3,(H2,16,18). The van der Waals surface area contributed by atoms with E-state index in [1.807, 2.05) is 19.2 Å². The molecule has 1 aromatic carbocycles. The Bertz CT molecular complexity index is 779. The van der Waals surface area contributed by atoms with Crippen LogP contribution >= 0.6 is 22.9 Å². The fraction of sp³-hybridized carbons (Fsp3) is 0.231. The van der Waals surface area contributed by atoms with Gasteiger partial charge in [-0.25, -0.2) is 14.4 Å². The van der Waals surface area contributed by atoms with Crippen LogP contribution in [-0.2, 0) is 5.54 Å². The van der Waals surface area contributed by atoms with Crippen molar-refractivity contribution in [1.29, 1.82) is 0 Å². The minimum absolute atomic E-state index is 0.0363. The molecule has 0 unspecified atom stereocenters. The van der Waals surface area contributed by atoms with Crippen molar-refractivity contribution in [2.24, 2.45) is 0 Å². The van der Waals surface area contributed by atoms with Gasteiger partial charge >= 0.3 is 0 Å². The molecule has 0 saturated carbocycles. The van der Waals surface area contributed by atoms with Crippen molar-refractivity contribution in [3.63, 3.8) is 0 Å². The highest BCUT2D eigenvalue weighted by Crippen LogP contribution is 2.34. The first-order chi connectivity index (χ1) is 9.41. The third kappa shape index (κ3) is 1.87. The zero-order valence-corrected chi connectivity index (χ0v) is 12.5. The number of nitrogens with two attached hydrogens (primary N) is 1. The molecule has 3 aromatic rings. The van der Waals surface area contributed by atoms with E-state index in [9.17, 15) is 4.39 Å². The van der Waals surface area contributed by atoms with E-state index in [4.69, 9.17) is 17.3 Å². The molecule has 2 aromatic heterocycles. The van der Waals surface area contributed by atoms with Gasteiger partial charge in [0.25, 0.3) is 0 Å². The summed E-state index contributed by atoms with van der Waals surface area (Å²) < 4.78 is 15.5. The van der Waals surface area contributed by atoms with Crippen LogP contribution in [0.4, 0.5) is 10.3 Å². The Kier molecular flexibility index (Phi) is 2.95. The smallest absolute Gasteiger partial charge is 0.202 e. The molecule has 20 heavy (non-hydrogen) atoms. The summed E-state index contributed by atoms with van der Waals surface area (Å²) in [5, 5.41) is 2.80. The molecule has 104 valence electrons. The molecule has 0 amide bonds. The van der Waals surface area contributed by atoms with Crippen molar-refractivity contribution in [2.45, 2.75) is 19.4 Å². The van der Waals surface area contributed by atoms with Gasteiger partial charge in [0.1, 0.15) is 10.8 Å². The number of aromatic nitrogens is 3. The number of fused-ring (bicyclic) bond motifs is 1. The SMILES string of the molecule is CC(C)(c1nccs1)n1c(N)nc2cc(Cl)c(F)cc21. The number of hydrogen-bond donors (Lipinski definition) is 1. The highest BCUT2D eigenvalue weighted by atomic mass is 35.5. The molecule has 2 heterocycles. The lowest BCUT2D eigenvalue weighted by Gasteiger charge is -2.26. The molecular formula is C13H12ClFN4S. The monoisotopic (exact) mass is 310 g/mol. The summed E-state index contributed by atoms with van der Waals surface area (Å²) in [5.41, 5.74) is 6.66.